The van der Waals surface area contributed by atoms with Crippen molar-refractivity contribution in [1.82, 2.24) is 0 Å². The first-order valence-electron chi connectivity index (χ1n) is 6.64. The molecule has 0 unspecified atom stereocenters. The molecular formula is C15H28. The Morgan fingerprint density at radius 3 is 1.20 bits per heavy atom. The molecule has 0 aromatic heterocycles. The van der Waals surface area contributed by atoms with E-state index in [9.17, 15) is 0 Å². The summed E-state index contributed by atoms with van der Waals surface area (Å²) in [7, 11) is 0. The lowest BCUT2D eigenvalue weighted by molar-refractivity contribution is 0.583. The lowest BCUT2D eigenvalue weighted by Crippen LogP contribution is -1.80. The van der Waals surface area contributed by atoms with Crippen LogP contribution < -0.4 is 0 Å². The first-order valence-corrected chi connectivity index (χ1v) is 6.64. The van der Waals surface area contributed by atoms with Gasteiger partial charge in [0.05, 0.1) is 0 Å². The van der Waals surface area contributed by atoms with E-state index in [4.69, 9.17) is 0 Å². The molecule has 0 fully saturated rings. The average Bonchev–Trinajstić information content (AvgIpc) is 2.26. The second kappa shape index (κ2) is 13.5. The maximum atomic E-state index is 2.27. The van der Waals surface area contributed by atoms with E-state index in [2.05, 4.69) is 38.2 Å². The highest BCUT2D eigenvalue weighted by molar-refractivity contribution is 4.76. The molecule has 0 spiro atoms. The summed E-state index contributed by atoms with van der Waals surface area (Å²) < 4.78 is 0. The zero-order valence-electron chi connectivity index (χ0n) is 10.7. The minimum absolute atomic E-state index is 1.28. The van der Waals surface area contributed by atoms with Crippen molar-refractivity contribution in [2.45, 2.75) is 71.6 Å². The van der Waals surface area contributed by atoms with E-state index in [0.29, 0.717) is 0 Å². The van der Waals surface area contributed by atoms with E-state index in [-0.39, 0.29) is 0 Å². The Hall–Kier alpha value is -0.520. The van der Waals surface area contributed by atoms with Crippen LogP contribution in [0, 0.1) is 0 Å². The molecule has 0 aliphatic heterocycles. The Labute approximate surface area is 96.5 Å². The Bertz CT molecular complexity index is 135. The van der Waals surface area contributed by atoms with Crippen LogP contribution >= 0.6 is 0 Å². The zero-order chi connectivity index (χ0) is 11.2. The molecule has 0 aliphatic rings. The molecule has 0 aromatic carbocycles. The van der Waals surface area contributed by atoms with Crippen molar-refractivity contribution in [3.05, 3.63) is 24.3 Å². The fraction of sp³-hybridized carbons (Fsp3) is 0.733. The molecule has 0 bridgehead atoms. The van der Waals surface area contributed by atoms with Gasteiger partial charge >= 0.3 is 0 Å². The molecule has 0 amide bonds. The van der Waals surface area contributed by atoms with Crippen LogP contribution in [-0.2, 0) is 0 Å². The van der Waals surface area contributed by atoms with Gasteiger partial charge in [-0.1, -0.05) is 56.4 Å². The molecular weight excluding hydrogens is 180 g/mol. The summed E-state index contributed by atoms with van der Waals surface area (Å²) in [6.07, 6.45) is 21.3. The normalized spacial score (nSPS) is 11.9. The second-order valence-electron chi connectivity index (χ2n) is 4.19. The maximum Gasteiger partial charge on any atom is -0.0351 e. The van der Waals surface area contributed by atoms with E-state index in [0.717, 1.165) is 0 Å². The molecule has 0 heterocycles. The first kappa shape index (κ1) is 14.5. The van der Waals surface area contributed by atoms with Crippen LogP contribution in [-0.4, -0.2) is 0 Å². The van der Waals surface area contributed by atoms with Crippen molar-refractivity contribution < 1.29 is 0 Å². The second-order valence-corrected chi connectivity index (χ2v) is 4.19. The van der Waals surface area contributed by atoms with Gasteiger partial charge in [0.2, 0.25) is 0 Å². The minimum atomic E-state index is 1.28. The van der Waals surface area contributed by atoms with Gasteiger partial charge in [0.1, 0.15) is 0 Å². The smallest absolute Gasteiger partial charge is 0.0351 e. The first-order chi connectivity index (χ1) is 7.41. The lowest BCUT2D eigenvalue weighted by atomic mass is 10.1. The SMILES string of the molecule is C/C=C/CCCCCCCCC/C=C/C. The van der Waals surface area contributed by atoms with Crippen LogP contribution in [0.5, 0.6) is 0 Å². The Balaban J connectivity index is 2.92. The molecule has 88 valence electrons. The monoisotopic (exact) mass is 208 g/mol. The Kier molecular flexibility index (Phi) is 13.0. The van der Waals surface area contributed by atoms with E-state index in [1.54, 1.807) is 0 Å². The van der Waals surface area contributed by atoms with Gasteiger partial charge in [-0.05, 0) is 39.5 Å². The van der Waals surface area contributed by atoms with Crippen LogP contribution in [0.3, 0.4) is 0 Å². The summed E-state index contributed by atoms with van der Waals surface area (Å²) in [5, 5.41) is 0. The van der Waals surface area contributed by atoms with Gasteiger partial charge in [-0.2, -0.15) is 0 Å². The number of allylic oxidation sites excluding steroid dienone is 4. The topological polar surface area (TPSA) is 0 Å². The van der Waals surface area contributed by atoms with Gasteiger partial charge in [-0.15, -0.1) is 0 Å². The zero-order valence-corrected chi connectivity index (χ0v) is 10.7. The quantitative estimate of drug-likeness (QED) is 0.321. The summed E-state index contributed by atoms with van der Waals surface area (Å²) in [4.78, 5) is 0. The van der Waals surface area contributed by atoms with Crippen molar-refractivity contribution in [2.24, 2.45) is 0 Å². The molecule has 0 atom stereocenters. The third-order valence-electron chi connectivity index (χ3n) is 2.71. The lowest BCUT2D eigenvalue weighted by Gasteiger charge is -1.99. The Morgan fingerprint density at radius 2 is 0.867 bits per heavy atom. The highest BCUT2D eigenvalue weighted by Gasteiger charge is 1.90. The summed E-state index contributed by atoms with van der Waals surface area (Å²) in [6.45, 7) is 4.20. The predicted molar refractivity (Wildman–Crippen MR) is 71.2 cm³/mol. The van der Waals surface area contributed by atoms with Gasteiger partial charge < -0.3 is 0 Å². The van der Waals surface area contributed by atoms with E-state index >= 15 is 0 Å². The maximum absolute atomic E-state index is 2.27. The fourth-order valence-electron chi connectivity index (χ4n) is 1.74. The van der Waals surface area contributed by atoms with Gasteiger partial charge in [-0.3, -0.25) is 0 Å². The molecule has 0 aliphatic carbocycles. The number of hydrogen-bond donors (Lipinski definition) is 0. The summed E-state index contributed by atoms with van der Waals surface area (Å²) >= 11 is 0. The molecule has 15 heavy (non-hydrogen) atoms. The molecule has 0 aromatic rings. The fourth-order valence-corrected chi connectivity index (χ4v) is 1.74. The molecule has 0 N–H and O–H groups in total. The number of hydrogen-bond acceptors (Lipinski definition) is 0. The summed E-state index contributed by atoms with van der Waals surface area (Å²) in [5.74, 6) is 0. The van der Waals surface area contributed by atoms with Gasteiger partial charge in [-0.25, -0.2) is 0 Å². The van der Waals surface area contributed by atoms with Crippen molar-refractivity contribution in [2.75, 3.05) is 0 Å². The summed E-state index contributed by atoms with van der Waals surface area (Å²) in [5.41, 5.74) is 0. The highest BCUT2D eigenvalue weighted by Crippen LogP contribution is 2.10. The Morgan fingerprint density at radius 1 is 0.533 bits per heavy atom. The van der Waals surface area contributed by atoms with Crippen molar-refractivity contribution in [3.63, 3.8) is 0 Å². The standard InChI is InChI=1S/C15H28/c1-3-5-7-9-11-13-15-14-12-10-8-6-4-2/h3-6H,7-15H2,1-2H3/b5-3+,6-4+. The summed E-state index contributed by atoms with van der Waals surface area (Å²) in [6, 6.07) is 0. The van der Waals surface area contributed by atoms with Gasteiger partial charge in [0.25, 0.3) is 0 Å². The minimum Gasteiger partial charge on any atom is -0.0917 e. The molecule has 0 radical (unpaired) electrons. The molecule has 0 saturated heterocycles. The molecule has 0 saturated carbocycles. The van der Waals surface area contributed by atoms with Gasteiger partial charge in [0, 0.05) is 0 Å². The van der Waals surface area contributed by atoms with Crippen molar-refractivity contribution >= 4 is 0 Å². The average molecular weight is 208 g/mol. The molecule has 0 rings (SSSR count). The molecule has 0 heteroatoms. The van der Waals surface area contributed by atoms with E-state index in [1.807, 2.05) is 0 Å². The molecule has 0 nitrogen and oxygen atoms in total. The van der Waals surface area contributed by atoms with Crippen LogP contribution in [0.4, 0.5) is 0 Å². The van der Waals surface area contributed by atoms with Crippen molar-refractivity contribution in [1.29, 1.82) is 0 Å². The van der Waals surface area contributed by atoms with Crippen LogP contribution in [0.15, 0.2) is 24.3 Å². The highest BCUT2D eigenvalue weighted by atomic mass is 14.0. The van der Waals surface area contributed by atoms with Gasteiger partial charge in [0.15, 0.2) is 0 Å². The predicted octanol–water partition coefficient (Wildman–Crippen LogP) is 5.65. The number of unbranched alkanes of at least 4 members (excludes halogenated alkanes) is 8. The third kappa shape index (κ3) is 13.5. The largest absolute Gasteiger partial charge is 0.0917 e. The van der Waals surface area contributed by atoms with Crippen LogP contribution in [0.2, 0.25) is 0 Å². The number of rotatable bonds is 10. The van der Waals surface area contributed by atoms with Crippen molar-refractivity contribution in [3.8, 4) is 0 Å². The van der Waals surface area contributed by atoms with E-state index < -0.39 is 0 Å². The van der Waals surface area contributed by atoms with Crippen LogP contribution in [0.1, 0.15) is 71.6 Å². The van der Waals surface area contributed by atoms with E-state index in [1.165, 1.54) is 57.8 Å². The third-order valence-corrected chi connectivity index (χ3v) is 2.71. The van der Waals surface area contributed by atoms with Crippen LogP contribution in [0.25, 0.3) is 0 Å².